The normalized spacial score (nSPS) is 12.2. The van der Waals surface area contributed by atoms with Crippen LogP contribution in [0.5, 0.6) is 0 Å². The highest BCUT2D eigenvalue weighted by Gasteiger charge is 2.22. The molecule has 0 unspecified atom stereocenters. The maximum absolute atomic E-state index is 15.1. The van der Waals surface area contributed by atoms with Crippen molar-refractivity contribution < 1.29 is 26.4 Å². The number of thiophene rings is 2. The molecule has 0 saturated carbocycles. The van der Waals surface area contributed by atoms with Crippen LogP contribution < -0.4 is 0 Å². The second-order valence-corrected chi connectivity index (χ2v) is 15.0. The first kappa shape index (κ1) is 28.0. The zero-order valence-corrected chi connectivity index (χ0v) is 26.9. The first-order valence-electron chi connectivity index (χ1n) is 14.2. The molecule has 0 aliphatic rings. The number of hydrogen-bond acceptors (Lipinski definition) is 10. The van der Waals surface area contributed by atoms with E-state index in [-0.39, 0.29) is 23.4 Å². The zero-order valence-electron chi connectivity index (χ0n) is 23.7. The number of oxazole rings is 2. The number of aromatic nitrogens is 4. The Morgan fingerprint density at radius 3 is 1.38 bits per heavy atom. The minimum absolute atomic E-state index is 0.264. The van der Waals surface area contributed by atoms with Gasteiger partial charge in [0.15, 0.2) is 11.2 Å². The standard InChI is InChI=1S/C34H12F4N4O2S4/c35-15-1-3-19-25(9-15)47-33(41-19)29-17(37)11-27(45-29)31-39-21-5-13-8-24-22(6-14(13)7-23(21)43-31)40-32(44-24)28-12-18(38)30(46-28)34-42-20-4-2-16(36)10-26(20)48-34/h1-12H. The fraction of sp³-hybridized carbons (Fsp3) is 0. The van der Waals surface area contributed by atoms with Gasteiger partial charge in [0.1, 0.15) is 44.3 Å². The number of benzene rings is 4. The van der Waals surface area contributed by atoms with Gasteiger partial charge < -0.3 is 8.83 Å². The predicted octanol–water partition coefficient (Wildman–Crippen LogP) is 11.7. The second kappa shape index (κ2) is 10.2. The third-order valence-corrected chi connectivity index (χ3v) is 12.3. The van der Waals surface area contributed by atoms with Crippen molar-refractivity contribution in [1.82, 2.24) is 19.9 Å². The van der Waals surface area contributed by atoms with Gasteiger partial charge in [0.05, 0.1) is 39.9 Å². The van der Waals surface area contributed by atoms with E-state index in [0.717, 1.165) is 33.4 Å². The lowest BCUT2D eigenvalue weighted by molar-refractivity contribution is 0.617. The van der Waals surface area contributed by atoms with Gasteiger partial charge in [0, 0.05) is 0 Å². The number of hydrogen-bond donors (Lipinski definition) is 0. The molecule has 6 nitrogen and oxygen atoms in total. The van der Waals surface area contributed by atoms with Gasteiger partial charge in [-0.1, -0.05) is 0 Å². The lowest BCUT2D eigenvalue weighted by Gasteiger charge is -1.96. The molecule has 0 amide bonds. The Morgan fingerprint density at radius 1 is 0.458 bits per heavy atom. The zero-order chi connectivity index (χ0) is 32.3. The number of halogens is 4. The summed E-state index contributed by atoms with van der Waals surface area (Å²) < 4.78 is 71.0. The summed E-state index contributed by atoms with van der Waals surface area (Å²) in [5.41, 5.74) is 3.36. The Bertz CT molecular complexity index is 2670. The molecular weight excluding hydrogens is 701 g/mol. The van der Waals surface area contributed by atoms with Crippen LogP contribution in [-0.2, 0) is 0 Å². The average molecular weight is 713 g/mol. The minimum Gasteiger partial charge on any atom is -0.435 e. The van der Waals surface area contributed by atoms with Crippen molar-refractivity contribution in [3.63, 3.8) is 0 Å². The van der Waals surface area contributed by atoms with Gasteiger partial charge in [0.25, 0.3) is 0 Å². The third-order valence-electron chi connectivity index (χ3n) is 7.74. The quantitative estimate of drug-likeness (QED) is 0.169. The maximum atomic E-state index is 15.1. The van der Waals surface area contributed by atoms with Crippen molar-refractivity contribution in [3.05, 3.63) is 96.1 Å². The van der Waals surface area contributed by atoms with Gasteiger partial charge in [-0.15, -0.1) is 45.3 Å². The average Bonchev–Trinajstić information content (AvgIpc) is 3.90. The molecule has 10 rings (SSSR count). The van der Waals surface area contributed by atoms with Gasteiger partial charge in [-0.2, -0.15) is 0 Å². The predicted molar refractivity (Wildman–Crippen MR) is 183 cm³/mol. The van der Waals surface area contributed by atoms with Crippen molar-refractivity contribution in [3.8, 4) is 41.3 Å². The molecule has 4 aromatic carbocycles. The van der Waals surface area contributed by atoms with E-state index in [0.29, 0.717) is 72.2 Å². The largest absolute Gasteiger partial charge is 0.435 e. The van der Waals surface area contributed by atoms with Gasteiger partial charge >= 0.3 is 0 Å². The topological polar surface area (TPSA) is 77.8 Å². The smallest absolute Gasteiger partial charge is 0.237 e. The van der Waals surface area contributed by atoms with Crippen LogP contribution in [0.15, 0.2) is 81.6 Å². The molecule has 0 aliphatic carbocycles. The highest BCUT2D eigenvalue weighted by molar-refractivity contribution is 7.27. The van der Waals surface area contributed by atoms with Crippen molar-refractivity contribution in [1.29, 1.82) is 0 Å². The first-order valence-corrected chi connectivity index (χ1v) is 17.5. The highest BCUT2D eigenvalue weighted by Crippen LogP contribution is 2.43. The van der Waals surface area contributed by atoms with Gasteiger partial charge in [-0.3, -0.25) is 0 Å². The van der Waals surface area contributed by atoms with E-state index in [2.05, 4.69) is 19.9 Å². The Kier molecular flexibility index (Phi) is 5.98. The van der Waals surface area contributed by atoms with E-state index in [1.165, 1.54) is 59.1 Å². The third kappa shape index (κ3) is 4.48. The minimum atomic E-state index is -0.461. The van der Waals surface area contributed by atoms with Crippen molar-refractivity contribution in [2.24, 2.45) is 0 Å². The van der Waals surface area contributed by atoms with E-state index in [9.17, 15) is 8.78 Å². The van der Waals surface area contributed by atoms with Gasteiger partial charge in [0.2, 0.25) is 11.8 Å². The van der Waals surface area contributed by atoms with E-state index in [1.54, 1.807) is 12.1 Å². The first-order chi connectivity index (χ1) is 23.3. The summed E-state index contributed by atoms with van der Waals surface area (Å²) in [6.45, 7) is 0. The molecule has 6 heterocycles. The summed E-state index contributed by atoms with van der Waals surface area (Å²) in [4.78, 5) is 19.8. The van der Waals surface area contributed by atoms with Crippen LogP contribution in [0.25, 0.3) is 94.7 Å². The summed E-state index contributed by atoms with van der Waals surface area (Å²) in [7, 11) is 0. The van der Waals surface area contributed by atoms with Crippen molar-refractivity contribution in [2.45, 2.75) is 0 Å². The van der Waals surface area contributed by atoms with Crippen LogP contribution in [0.1, 0.15) is 0 Å². The molecule has 10 aromatic rings. The van der Waals surface area contributed by atoms with Crippen LogP contribution in [0, 0.1) is 23.3 Å². The van der Waals surface area contributed by atoms with Gasteiger partial charge in [-0.05, 0) is 83.6 Å². The monoisotopic (exact) mass is 712 g/mol. The van der Waals surface area contributed by atoms with E-state index in [1.807, 2.05) is 24.3 Å². The van der Waals surface area contributed by atoms with E-state index >= 15 is 8.78 Å². The number of nitrogens with zero attached hydrogens (tertiary/aromatic N) is 4. The highest BCUT2D eigenvalue weighted by atomic mass is 32.1. The van der Waals surface area contributed by atoms with Crippen LogP contribution >= 0.6 is 45.3 Å². The van der Waals surface area contributed by atoms with Crippen LogP contribution in [0.2, 0.25) is 0 Å². The maximum Gasteiger partial charge on any atom is 0.237 e. The lowest BCUT2D eigenvalue weighted by Crippen LogP contribution is -1.76. The molecule has 14 heteroatoms. The molecule has 0 atom stereocenters. The van der Waals surface area contributed by atoms with E-state index < -0.39 is 11.6 Å². The molecule has 0 fully saturated rings. The molecule has 0 aliphatic heterocycles. The van der Waals surface area contributed by atoms with Crippen LogP contribution in [-0.4, -0.2) is 19.9 Å². The SMILES string of the molecule is Fc1ccc2nc(-c3sc(-c4nc5cc6cc7oc(-c8cc(F)c(-c9nc%10ccc(F)cc%10s9)s8)nc7cc6cc5o4)cc3F)sc2c1. The molecule has 0 spiro atoms. The Morgan fingerprint density at radius 2 is 0.917 bits per heavy atom. The Hall–Kier alpha value is -5.02. The fourth-order valence-electron chi connectivity index (χ4n) is 5.54. The van der Waals surface area contributed by atoms with E-state index in [4.69, 9.17) is 8.83 Å². The lowest BCUT2D eigenvalue weighted by atomic mass is 10.1. The number of rotatable bonds is 4. The summed E-state index contributed by atoms with van der Waals surface area (Å²) in [6.07, 6.45) is 0. The summed E-state index contributed by atoms with van der Waals surface area (Å²) in [5.74, 6) is -1.14. The Labute approximate surface area is 281 Å². The fourth-order valence-corrected chi connectivity index (χ4v) is 9.59. The summed E-state index contributed by atoms with van der Waals surface area (Å²) >= 11 is 4.77. The molecule has 48 heavy (non-hydrogen) atoms. The van der Waals surface area contributed by atoms with Crippen LogP contribution in [0.3, 0.4) is 0 Å². The van der Waals surface area contributed by atoms with Crippen LogP contribution in [0.4, 0.5) is 17.6 Å². The molecule has 0 radical (unpaired) electrons. The molecule has 232 valence electrons. The number of fused-ring (bicyclic) bond motifs is 5. The summed E-state index contributed by atoms with van der Waals surface area (Å²) in [6, 6.07) is 18.7. The van der Waals surface area contributed by atoms with Gasteiger partial charge in [-0.25, -0.2) is 37.5 Å². The molecular formula is C34H12F4N4O2S4. The molecule has 0 bridgehead atoms. The van der Waals surface area contributed by atoms with Crippen molar-refractivity contribution >= 4 is 98.8 Å². The number of thiazole rings is 2. The summed E-state index contributed by atoms with van der Waals surface area (Å²) in [5, 5.41) is 2.54. The second-order valence-electron chi connectivity index (χ2n) is 10.9. The Balaban J connectivity index is 0.988. The molecule has 0 N–H and O–H groups in total. The molecule has 6 aromatic heterocycles. The molecule has 0 saturated heterocycles. The van der Waals surface area contributed by atoms with Crippen molar-refractivity contribution in [2.75, 3.05) is 0 Å².